The van der Waals surface area contributed by atoms with Gasteiger partial charge in [-0.25, -0.2) is 0 Å². The highest BCUT2D eigenvalue weighted by Gasteiger charge is 2.17. The molecule has 0 atom stereocenters. The molecule has 31 heavy (non-hydrogen) atoms. The van der Waals surface area contributed by atoms with Crippen LogP contribution in [0.4, 0.5) is 0 Å². The van der Waals surface area contributed by atoms with E-state index < -0.39 is 0 Å². The zero-order chi connectivity index (χ0) is 22.5. The third kappa shape index (κ3) is 4.69. The molecule has 0 aliphatic heterocycles. The molecule has 0 spiro atoms. The summed E-state index contributed by atoms with van der Waals surface area (Å²) in [5.74, 6) is -0.0607. The Labute approximate surface area is 185 Å². The lowest BCUT2D eigenvalue weighted by Gasteiger charge is -2.12. The van der Waals surface area contributed by atoms with Gasteiger partial charge in [-0.1, -0.05) is 44.2 Å². The first kappa shape index (κ1) is 22.3. The fourth-order valence-electron chi connectivity index (χ4n) is 3.81. The van der Waals surface area contributed by atoms with Crippen LogP contribution in [-0.2, 0) is 13.6 Å². The van der Waals surface area contributed by atoms with Crippen LogP contribution in [0.25, 0.3) is 22.0 Å². The van der Waals surface area contributed by atoms with Crippen molar-refractivity contribution in [2.24, 2.45) is 7.05 Å². The quantitative estimate of drug-likeness (QED) is 0.438. The number of nitrogens with zero attached hydrogens (tertiary/aromatic N) is 2. The summed E-state index contributed by atoms with van der Waals surface area (Å²) in [6.07, 6.45) is 3.93. The average molecular weight is 414 g/mol. The molecule has 4 nitrogen and oxygen atoms in total. The highest BCUT2D eigenvalue weighted by molar-refractivity contribution is 6.09. The number of hydrogen-bond donors (Lipinski definition) is 1. The molecular formula is C27H31N3O. The van der Waals surface area contributed by atoms with E-state index in [1.807, 2.05) is 77.3 Å². The van der Waals surface area contributed by atoms with Gasteiger partial charge in [0.25, 0.3) is 5.91 Å². The molecule has 160 valence electrons. The molecule has 0 aliphatic rings. The van der Waals surface area contributed by atoms with Gasteiger partial charge in [0.15, 0.2) is 0 Å². The number of hydrogen-bond acceptors (Lipinski definition) is 2. The standard InChI is InChI=1S/C25H25N3O.C2H6/c1-16-7-5-6-8-19(16)13-27-25(29)22-11-21(20-10-9-18(3)26-14-20)12-23-24(22)17(2)15-28(23)4;1-2/h5-12,14-15H,13H2,1-4H3,(H,27,29);1-2H3. The van der Waals surface area contributed by atoms with Crippen molar-refractivity contribution in [3.8, 4) is 11.1 Å². The summed E-state index contributed by atoms with van der Waals surface area (Å²) < 4.78 is 2.08. The van der Waals surface area contributed by atoms with Gasteiger partial charge in [0.2, 0.25) is 0 Å². The Morgan fingerprint density at radius 3 is 2.39 bits per heavy atom. The van der Waals surface area contributed by atoms with E-state index in [-0.39, 0.29) is 5.91 Å². The highest BCUT2D eigenvalue weighted by atomic mass is 16.1. The lowest BCUT2D eigenvalue weighted by Crippen LogP contribution is -2.23. The third-order valence-corrected chi connectivity index (χ3v) is 5.47. The van der Waals surface area contributed by atoms with Gasteiger partial charge in [-0.3, -0.25) is 9.78 Å². The van der Waals surface area contributed by atoms with E-state index in [1.54, 1.807) is 0 Å². The van der Waals surface area contributed by atoms with Crippen molar-refractivity contribution in [3.63, 3.8) is 0 Å². The molecule has 4 heteroatoms. The van der Waals surface area contributed by atoms with E-state index >= 15 is 0 Å². The highest BCUT2D eigenvalue weighted by Crippen LogP contribution is 2.30. The Balaban J connectivity index is 0.00000132. The Hall–Kier alpha value is -3.40. The number of fused-ring (bicyclic) bond motifs is 1. The van der Waals surface area contributed by atoms with Crippen molar-refractivity contribution in [1.29, 1.82) is 0 Å². The molecule has 2 aromatic heterocycles. The lowest BCUT2D eigenvalue weighted by atomic mass is 9.98. The van der Waals surface area contributed by atoms with Gasteiger partial charge in [-0.05, 0) is 61.2 Å². The van der Waals surface area contributed by atoms with Gasteiger partial charge in [-0.2, -0.15) is 0 Å². The maximum Gasteiger partial charge on any atom is 0.252 e. The second kappa shape index (κ2) is 9.61. The minimum Gasteiger partial charge on any atom is -0.350 e. The van der Waals surface area contributed by atoms with E-state index in [1.165, 1.54) is 5.56 Å². The number of nitrogens with one attached hydrogen (secondary N) is 1. The SMILES string of the molecule is CC.Cc1ccc(-c2cc(C(=O)NCc3ccccc3C)c3c(C)cn(C)c3c2)cn1. The van der Waals surface area contributed by atoms with E-state index in [0.717, 1.165) is 38.9 Å². The normalized spacial score (nSPS) is 10.5. The number of rotatable bonds is 4. The van der Waals surface area contributed by atoms with Crippen LogP contribution in [0.15, 0.2) is 60.9 Å². The van der Waals surface area contributed by atoms with Crippen molar-refractivity contribution in [3.05, 3.63) is 88.9 Å². The second-order valence-electron chi connectivity index (χ2n) is 7.64. The molecule has 1 amide bonds. The number of aromatic nitrogens is 2. The smallest absolute Gasteiger partial charge is 0.252 e. The molecule has 2 aromatic carbocycles. The summed E-state index contributed by atoms with van der Waals surface area (Å²) in [6.45, 7) is 10.6. The van der Waals surface area contributed by atoms with E-state index in [0.29, 0.717) is 12.1 Å². The number of carbonyl (C=O) groups is 1. The largest absolute Gasteiger partial charge is 0.350 e. The molecule has 1 N–H and O–H groups in total. The van der Waals surface area contributed by atoms with Crippen LogP contribution in [0, 0.1) is 20.8 Å². The van der Waals surface area contributed by atoms with Gasteiger partial charge in [0, 0.05) is 53.7 Å². The van der Waals surface area contributed by atoms with Crippen molar-refractivity contribution in [2.45, 2.75) is 41.2 Å². The molecular weight excluding hydrogens is 382 g/mol. The van der Waals surface area contributed by atoms with Crippen molar-refractivity contribution in [2.75, 3.05) is 0 Å². The van der Waals surface area contributed by atoms with Crippen LogP contribution in [0.2, 0.25) is 0 Å². The first-order valence-electron chi connectivity index (χ1n) is 10.8. The van der Waals surface area contributed by atoms with E-state index in [2.05, 4.69) is 40.1 Å². The predicted molar refractivity (Wildman–Crippen MR) is 129 cm³/mol. The van der Waals surface area contributed by atoms with Gasteiger partial charge >= 0.3 is 0 Å². The second-order valence-corrected chi connectivity index (χ2v) is 7.64. The predicted octanol–water partition coefficient (Wildman–Crippen LogP) is 6.12. The van der Waals surface area contributed by atoms with E-state index in [9.17, 15) is 4.79 Å². The van der Waals surface area contributed by atoms with E-state index in [4.69, 9.17) is 0 Å². The molecule has 0 saturated carbocycles. The molecule has 0 fully saturated rings. The Bertz CT molecular complexity index is 1200. The first-order valence-corrected chi connectivity index (χ1v) is 10.8. The Kier molecular flexibility index (Phi) is 6.91. The summed E-state index contributed by atoms with van der Waals surface area (Å²) >= 11 is 0. The van der Waals surface area contributed by atoms with Crippen LogP contribution in [0.1, 0.15) is 46.6 Å². The van der Waals surface area contributed by atoms with Crippen LogP contribution in [-0.4, -0.2) is 15.5 Å². The first-order chi connectivity index (χ1) is 14.9. The lowest BCUT2D eigenvalue weighted by molar-refractivity contribution is 0.0952. The molecule has 2 heterocycles. The fourth-order valence-corrected chi connectivity index (χ4v) is 3.81. The number of benzene rings is 2. The van der Waals surface area contributed by atoms with Crippen LogP contribution in [0.3, 0.4) is 0 Å². The van der Waals surface area contributed by atoms with Crippen molar-refractivity contribution >= 4 is 16.8 Å². The number of aryl methyl sites for hydroxylation is 4. The summed E-state index contributed by atoms with van der Waals surface area (Å²) in [5, 5.41) is 4.11. The Morgan fingerprint density at radius 2 is 1.71 bits per heavy atom. The Morgan fingerprint density at radius 1 is 0.968 bits per heavy atom. The minimum atomic E-state index is -0.0607. The molecule has 0 saturated heterocycles. The maximum atomic E-state index is 13.2. The fraction of sp³-hybridized carbons (Fsp3) is 0.259. The van der Waals surface area contributed by atoms with Gasteiger partial charge in [0.05, 0.1) is 0 Å². The molecule has 0 aliphatic carbocycles. The zero-order valence-corrected chi connectivity index (χ0v) is 19.3. The summed E-state index contributed by atoms with van der Waals surface area (Å²) in [7, 11) is 2.02. The van der Waals surface area contributed by atoms with Crippen LogP contribution >= 0.6 is 0 Å². The zero-order valence-electron chi connectivity index (χ0n) is 19.3. The minimum absolute atomic E-state index is 0.0607. The molecule has 4 rings (SSSR count). The summed E-state index contributed by atoms with van der Waals surface area (Å²) in [4.78, 5) is 17.6. The average Bonchev–Trinajstić information content (AvgIpc) is 3.07. The molecule has 0 radical (unpaired) electrons. The van der Waals surface area contributed by atoms with Gasteiger partial charge in [0.1, 0.15) is 0 Å². The van der Waals surface area contributed by atoms with Gasteiger partial charge in [-0.15, -0.1) is 0 Å². The molecule has 0 unspecified atom stereocenters. The topological polar surface area (TPSA) is 46.9 Å². The van der Waals surface area contributed by atoms with Crippen molar-refractivity contribution in [1.82, 2.24) is 14.9 Å². The monoisotopic (exact) mass is 413 g/mol. The summed E-state index contributed by atoms with van der Waals surface area (Å²) in [6, 6.07) is 16.3. The van der Waals surface area contributed by atoms with Crippen LogP contribution in [0.5, 0.6) is 0 Å². The number of amides is 1. The molecule has 0 bridgehead atoms. The van der Waals surface area contributed by atoms with Crippen LogP contribution < -0.4 is 5.32 Å². The maximum absolute atomic E-state index is 13.2. The number of carbonyl (C=O) groups excluding carboxylic acids is 1. The van der Waals surface area contributed by atoms with Crippen molar-refractivity contribution < 1.29 is 4.79 Å². The third-order valence-electron chi connectivity index (χ3n) is 5.47. The molecule has 4 aromatic rings. The summed E-state index contributed by atoms with van der Waals surface area (Å²) in [5.41, 5.74) is 8.11. The number of pyridine rings is 1. The van der Waals surface area contributed by atoms with Gasteiger partial charge < -0.3 is 9.88 Å².